The minimum Gasteiger partial charge on any atom is -0.303 e. The van der Waals surface area contributed by atoms with Crippen LogP contribution >= 0.6 is 27.3 Å². The minimum atomic E-state index is 1.01. The van der Waals surface area contributed by atoms with Gasteiger partial charge in [-0.1, -0.05) is 0 Å². The van der Waals surface area contributed by atoms with Gasteiger partial charge in [-0.25, -0.2) is 4.98 Å². The lowest BCUT2D eigenvalue weighted by Gasteiger charge is -1.98. The average molecular weight is 243 g/mol. The van der Waals surface area contributed by atoms with E-state index in [2.05, 4.69) is 36.9 Å². The van der Waals surface area contributed by atoms with Gasteiger partial charge in [0.25, 0.3) is 0 Å². The molecule has 12 heavy (non-hydrogen) atoms. The third-order valence-corrected chi connectivity index (χ3v) is 3.15. The number of thiophene rings is 1. The van der Waals surface area contributed by atoms with Gasteiger partial charge in [-0.15, -0.1) is 11.3 Å². The van der Waals surface area contributed by atoms with Crippen molar-refractivity contribution in [3.63, 3.8) is 0 Å². The van der Waals surface area contributed by atoms with E-state index in [1.54, 1.807) is 17.5 Å². The first-order chi connectivity index (χ1) is 5.77. The molecule has 0 bridgehead atoms. The van der Waals surface area contributed by atoms with Crippen molar-refractivity contribution in [3.8, 4) is 5.69 Å². The zero-order valence-corrected chi connectivity index (χ0v) is 8.89. The highest BCUT2D eigenvalue weighted by Gasteiger charge is 2.01. The van der Waals surface area contributed by atoms with E-state index < -0.39 is 0 Å². The monoisotopic (exact) mass is 242 g/mol. The SMILES string of the molecule is Cc1nccn1-c1csc(Br)c1. The quantitative estimate of drug-likeness (QED) is 0.752. The maximum absolute atomic E-state index is 4.15. The number of imidazole rings is 1. The first-order valence-electron chi connectivity index (χ1n) is 3.52. The van der Waals surface area contributed by atoms with Crippen molar-refractivity contribution in [3.05, 3.63) is 33.5 Å². The molecule has 0 aliphatic heterocycles. The molecule has 0 amide bonds. The van der Waals surface area contributed by atoms with E-state index in [4.69, 9.17) is 0 Å². The van der Waals surface area contributed by atoms with Crippen LogP contribution in [0.1, 0.15) is 5.82 Å². The van der Waals surface area contributed by atoms with Crippen LogP contribution in [0, 0.1) is 6.92 Å². The van der Waals surface area contributed by atoms with Crippen molar-refractivity contribution in [2.75, 3.05) is 0 Å². The number of aromatic nitrogens is 2. The van der Waals surface area contributed by atoms with E-state index in [1.165, 1.54) is 5.69 Å². The summed E-state index contributed by atoms with van der Waals surface area (Å²) < 4.78 is 3.20. The molecular weight excluding hydrogens is 236 g/mol. The zero-order chi connectivity index (χ0) is 8.55. The van der Waals surface area contributed by atoms with Gasteiger partial charge in [-0.3, -0.25) is 0 Å². The highest BCUT2D eigenvalue weighted by molar-refractivity contribution is 9.11. The first kappa shape index (κ1) is 8.01. The van der Waals surface area contributed by atoms with Gasteiger partial charge in [0.15, 0.2) is 0 Å². The number of hydrogen-bond donors (Lipinski definition) is 0. The van der Waals surface area contributed by atoms with Crippen molar-refractivity contribution in [2.45, 2.75) is 6.92 Å². The van der Waals surface area contributed by atoms with Gasteiger partial charge in [-0.2, -0.15) is 0 Å². The largest absolute Gasteiger partial charge is 0.303 e. The topological polar surface area (TPSA) is 17.8 Å². The number of nitrogens with zero attached hydrogens (tertiary/aromatic N) is 2. The van der Waals surface area contributed by atoms with Crippen LogP contribution in [0.15, 0.2) is 27.6 Å². The second-order valence-corrected chi connectivity index (χ2v) is 4.74. The predicted molar refractivity (Wildman–Crippen MR) is 53.9 cm³/mol. The third-order valence-electron chi connectivity index (χ3n) is 1.66. The molecule has 2 aromatic rings. The highest BCUT2D eigenvalue weighted by Crippen LogP contribution is 2.23. The fourth-order valence-electron chi connectivity index (χ4n) is 1.08. The molecule has 0 saturated carbocycles. The molecule has 62 valence electrons. The van der Waals surface area contributed by atoms with Crippen molar-refractivity contribution >= 4 is 27.3 Å². The smallest absolute Gasteiger partial charge is 0.110 e. The van der Waals surface area contributed by atoms with Crippen molar-refractivity contribution in [1.82, 2.24) is 9.55 Å². The van der Waals surface area contributed by atoms with Crippen LogP contribution in [-0.4, -0.2) is 9.55 Å². The zero-order valence-electron chi connectivity index (χ0n) is 6.49. The number of halogens is 1. The van der Waals surface area contributed by atoms with Crippen molar-refractivity contribution < 1.29 is 0 Å². The summed E-state index contributed by atoms with van der Waals surface area (Å²) in [4.78, 5) is 4.15. The van der Waals surface area contributed by atoms with Gasteiger partial charge in [0.05, 0.1) is 9.47 Å². The fraction of sp³-hybridized carbons (Fsp3) is 0.125. The summed E-state index contributed by atoms with van der Waals surface area (Å²) in [5.41, 5.74) is 1.17. The summed E-state index contributed by atoms with van der Waals surface area (Å²) in [6, 6.07) is 2.08. The Balaban J connectivity index is 2.50. The molecule has 0 saturated heterocycles. The fourth-order valence-corrected chi connectivity index (χ4v) is 2.20. The van der Waals surface area contributed by atoms with E-state index in [0.717, 1.165) is 9.61 Å². The summed E-state index contributed by atoms with van der Waals surface area (Å²) >= 11 is 5.11. The normalized spacial score (nSPS) is 10.5. The lowest BCUT2D eigenvalue weighted by atomic mass is 10.5. The summed E-state index contributed by atoms with van der Waals surface area (Å²) in [5.74, 6) is 1.01. The number of rotatable bonds is 1. The summed E-state index contributed by atoms with van der Waals surface area (Å²) in [6.45, 7) is 1.99. The van der Waals surface area contributed by atoms with Crippen LogP contribution in [0.3, 0.4) is 0 Å². The van der Waals surface area contributed by atoms with E-state index >= 15 is 0 Å². The Morgan fingerprint density at radius 3 is 2.92 bits per heavy atom. The lowest BCUT2D eigenvalue weighted by Crippen LogP contribution is -1.92. The standard InChI is InChI=1S/C8H7BrN2S/c1-6-10-2-3-11(6)7-4-8(9)12-5-7/h2-5H,1H3. The minimum absolute atomic E-state index is 1.01. The van der Waals surface area contributed by atoms with Crippen LogP contribution in [0.5, 0.6) is 0 Å². The molecule has 0 aliphatic rings. The van der Waals surface area contributed by atoms with E-state index in [-0.39, 0.29) is 0 Å². The predicted octanol–water partition coefficient (Wildman–Crippen LogP) is 3.00. The second kappa shape index (κ2) is 3.03. The van der Waals surface area contributed by atoms with Gasteiger partial charge in [0, 0.05) is 17.8 Å². The van der Waals surface area contributed by atoms with Crippen LogP contribution < -0.4 is 0 Å². The molecule has 2 nitrogen and oxygen atoms in total. The number of aryl methyl sites for hydroxylation is 1. The van der Waals surface area contributed by atoms with Gasteiger partial charge >= 0.3 is 0 Å². The molecule has 0 aliphatic carbocycles. The molecule has 0 radical (unpaired) electrons. The Morgan fingerprint density at radius 2 is 2.42 bits per heavy atom. The Morgan fingerprint density at radius 1 is 1.58 bits per heavy atom. The third kappa shape index (κ3) is 1.32. The summed E-state index contributed by atoms with van der Waals surface area (Å²) in [7, 11) is 0. The molecule has 0 fully saturated rings. The number of hydrogen-bond acceptors (Lipinski definition) is 2. The first-order valence-corrected chi connectivity index (χ1v) is 5.19. The van der Waals surface area contributed by atoms with Gasteiger partial charge in [-0.05, 0) is 28.9 Å². The Bertz CT molecular complexity index is 391. The molecule has 0 N–H and O–H groups in total. The van der Waals surface area contributed by atoms with E-state index in [9.17, 15) is 0 Å². The van der Waals surface area contributed by atoms with Gasteiger partial charge in [0.1, 0.15) is 5.82 Å². The van der Waals surface area contributed by atoms with E-state index in [1.807, 2.05) is 13.1 Å². The average Bonchev–Trinajstić information content (AvgIpc) is 2.58. The van der Waals surface area contributed by atoms with Crippen LogP contribution in [0.4, 0.5) is 0 Å². The second-order valence-electron chi connectivity index (χ2n) is 2.45. The summed E-state index contributed by atoms with van der Waals surface area (Å²) in [5, 5.41) is 2.10. The molecule has 0 aromatic carbocycles. The van der Waals surface area contributed by atoms with Crippen molar-refractivity contribution in [2.24, 2.45) is 0 Å². The molecule has 4 heteroatoms. The van der Waals surface area contributed by atoms with Crippen molar-refractivity contribution in [1.29, 1.82) is 0 Å². The van der Waals surface area contributed by atoms with Crippen LogP contribution in [0.2, 0.25) is 0 Å². The van der Waals surface area contributed by atoms with Gasteiger partial charge < -0.3 is 4.57 Å². The van der Waals surface area contributed by atoms with Gasteiger partial charge in [0.2, 0.25) is 0 Å². The molecule has 2 aromatic heterocycles. The Labute approximate surface area is 83.0 Å². The Hall–Kier alpha value is -0.610. The Kier molecular flexibility index (Phi) is 2.02. The molecule has 2 rings (SSSR count). The lowest BCUT2D eigenvalue weighted by molar-refractivity contribution is 0.980. The maximum Gasteiger partial charge on any atom is 0.110 e. The van der Waals surface area contributed by atoms with E-state index in [0.29, 0.717) is 0 Å². The summed E-state index contributed by atoms with van der Waals surface area (Å²) in [6.07, 6.45) is 3.77. The molecule has 0 unspecified atom stereocenters. The molecule has 0 atom stereocenters. The van der Waals surface area contributed by atoms with Crippen LogP contribution in [-0.2, 0) is 0 Å². The molecule has 2 heterocycles. The molecular formula is C8H7BrN2S. The highest BCUT2D eigenvalue weighted by atomic mass is 79.9. The maximum atomic E-state index is 4.15. The van der Waals surface area contributed by atoms with Crippen LogP contribution in [0.25, 0.3) is 5.69 Å². The molecule has 0 spiro atoms.